The third-order valence-electron chi connectivity index (χ3n) is 5.87. The topological polar surface area (TPSA) is 75.2 Å². The lowest BCUT2D eigenvalue weighted by Gasteiger charge is -2.31. The summed E-state index contributed by atoms with van der Waals surface area (Å²) in [6, 6.07) is 7.39. The van der Waals surface area contributed by atoms with Crippen LogP contribution in [-0.2, 0) is 4.79 Å². The van der Waals surface area contributed by atoms with Crippen LogP contribution in [0.25, 0.3) is 0 Å². The van der Waals surface area contributed by atoms with Crippen LogP contribution in [0.1, 0.15) is 66.2 Å². The molecule has 0 bridgehead atoms. The molecule has 2 aliphatic rings. The van der Waals surface area contributed by atoms with E-state index in [1.807, 2.05) is 29.2 Å². The van der Waals surface area contributed by atoms with E-state index in [0.717, 1.165) is 9.48 Å². The van der Waals surface area contributed by atoms with E-state index in [9.17, 15) is 9.59 Å². The zero-order valence-corrected chi connectivity index (χ0v) is 18.7. The predicted molar refractivity (Wildman–Crippen MR) is 117 cm³/mol. The van der Waals surface area contributed by atoms with Crippen molar-refractivity contribution in [2.24, 2.45) is 5.92 Å². The Morgan fingerprint density at radius 2 is 1.69 bits per heavy atom. The van der Waals surface area contributed by atoms with Crippen LogP contribution in [0.3, 0.4) is 0 Å². The first kappa shape index (κ1) is 20.5. The van der Waals surface area contributed by atoms with Gasteiger partial charge in [-0.25, -0.2) is 0 Å². The number of likely N-dealkylation sites (tertiary alicyclic amines) is 1. The lowest BCUT2D eigenvalue weighted by molar-refractivity contribution is -0.121. The van der Waals surface area contributed by atoms with Crippen LogP contribution in [0.2, 0.25) is 0 Å². The molecule has 6 nitrogen and oxygen atoms in total. The van der Waals surface area contributed by atoms with Crippen LogP contribution in [0.15, 0.2) is 28.7 Å². The van der Waals surface area contributed by atoms with E-state index >= 15 is 0 Å². The van der Waals surface area contributed by atoms with E-state index in [0.29, 0.717) is 42.5 Å². The molecule has 1 saturated carbocycles. The highest BCUT2D eigenvalue weighted by molar-refractivity contribution is 9.10. The van der Waals surface area contributed by atoms with Gasteiger partial charge in [-0.15, -0.1) is 10.2 Å². The highest BCUT2D eigenvalue weighted by Gasteiger charge is 2.29. The maximum Gasteiger partial charge on any atom is 0.253 e. The van der Waals surface area contributed by atoms with Crippen molar-refractivity contribution in [1.82, 2.24) is 15.1 Å². The minimum Gasteiger partial charge on any atom is -0.339 e. The Labute approximate surface area is 183 Å². The summed E-state index contributed by atoms with van der Waals surface area (Å²) in [6.07, 6.45) is 7.50. The fourth-order valence-electron chi connectivity index (χ4n) is 4.13. The van der Waals surface area contributed by atoms with Gasteiger partial charge in [0.1, 0.15) is 5.01 Å². The first-order chi connectivity index (χ1) is 14.1. The first-order valence-electron chi connectivity index (χ1n) is 10.3. The molecule has 1 aliphatic carbocycles. The molecule has 29 heavy (non-hydrogen) atoms. The molecule has 0 radical (unpaired) electrons. The average Bonchev–Trinajstić information content (AvgIpc) is 3.23. The number of halogens is 1. The number of anilines is 1. The molecule has 2 aromatic rings. The molecular formula is C21H25BrN4O2S. The van der Waals surface area contributed by atoms with Crippen LogP contribution in [-0.4, -0.2) is 40.0 Å². The van der Waals surface area contributed by atoms with Gasteiger partial charge in [0, 0.05) is 35.0 Å². The van der Waals surface area contributed by atoms with Crippen molar-refractivity contribution >= 4 is 44.2 Å². The number of amides is 2. The maximum atomic E-state index is 12.7. The van der Waals surface area contributed by atoms with Crippen molar-refractivity contribution in [2.45, 2.75) is 50.9 Å². The van der Waals surface area contributed by atoms with Crippen LogP contribution >= 0.6 is 27.3 Å². The number of hydrogen-bond donors (Lipinski definition) is 1. The van der Waals surface area contributed by atoms with Crippen molar-refractivity contribution in [1.29, 1.82) is 0 Å². The fourth-order valence-corrected chi connectivity index (χ4v) is 5.31. The molecule has 2 heterocycles. The second kappa shape index (κ2) is 9.34. The van der Waals surface area contributed by atoms with E-state index in [-0.39, 0.29) is 17.7 Å². The monoisotopic (exact) mass is 476 g/mol. The number of nitrogens with zero attached hydrogens (tertiary/aromatic N) is 3. The van der Waals surface area contributed by atoms with E-state index in [2.05, 4.69) is 31.4 Å². The second-order valence-corrected chi connectivity index (χ2v) is 9.77. The summed E-state index contributed by atoms with van der Waals surface area (Å²) in [6.45, 7) is 1.19. The van der Waals surface area contributed by atoms with Gasteiger partial charge in [0.2, 0.25) is 11.0 Å². The molecule has 0 spiro atoms. The average molecular weight is 477 g/mol. The van der Waals surface area contributed by atoms with E-state index in [4.69, 9.17) is 0 Å². The Kier molecular flexibility index (Phi) is 6.60. The smallest absolute Gasteiger partial charge is 0.253 e. The lowest BCUT2D eigenvalue weighted by atomic mass is 9.90. The number of carbonyl (C=O) groups is 2. The Morgan fingerprint density at radius 1 is 1.00 bits per heavy atom. The van der Waals surface area contributed by atoms with Crippen molar-refractivity contribution in [3.05, 3.63) is 39.3 Å². The SMILES string of the molecule is O=C(Nc1nnc(C2CCCCC2)s1)C1CCN(C(=O)c2ccc(Br)cc2)CC1. The van der Waals surface area contributed by atoms with Crippen LogP contribution in [0.4, 0.5) is 5.13 Å². The van der Waals surface area contributed by atoms with Crippen molar-refractivity contribution in [3.8, 4) is 0 Å². The van der Waals surface area contributed by atoms with Gasteiger partial charge < -0.3 is 10.2 Å². The Balaban J connectivity index is 1.28. The quantitative estimate of drug-likeness (QED) is 0.684. The zero-order valence-electron chi connectivity index (χ0n) is 16.3. The number of carbonyl (C=O) groups excluding carboxylic acids is 2. The Bertz CT molecular complexity index is 856. The highest BCUT2D eigenvalue weighted by atomic mass is 79.9. The summed E-state index contributed by atoms with van der Waals surface area (Å²) < 4.78 is 0.952. The largest absolute Gasteiger partial charge is 0.339 e. The molecule has 4 rings (SSSR count). The molecule has 0 atom stereocenters. The van der Waals surface area contributed by atoms with Gasteiger partial charge in [0.15, 0.2) is 0 Å². The molecule has 2 amide bonds. The second-order valence-electron chi connectivity index (χ2n) is 7.84. The number of nitrogens with one attached hydrogen (secondary N) is 1. The van der Waals surface area contributed by atoms with Crippen LogP contribution in [0.5, 0.6) is 0 Å². The number of aromatic nitrogens is 2. The molecule has 1 aromatic heterocycles. The molecular weight excluding hydrogens is 452 g/mol. The molecule has 154 valence electrons. The summed E-state index contributed by atoms with van der Waals surface area (Å²) >= 11 is 4.90. The minimum atomic E-state index is -0.0917. The maximum absolute atomic E-state index is 12.7. The summed E-state index contributed by atoms with van der Waals surface area (Å²) in [7, 11) is 0. The van der Waals surface area contributed by atoms with E-state index in [1.54, 1.807) is 0 Å². The van der Waals surface area contributed by atoms with Gasteiger partial charge in [-0.1, -0.05) is 46.5 Å². The molecule has 1 aromatic carbocycles. The number of piperidine rings is 1. The summed E-state index contributed by atoms with van der Waals surface area (Å²) in [5, 5.41) is 13.1. The summed E-state index contributed by atoms with van der Waals surface area (Å²) in [5.41, 5.74) is 0.681. The van der Waals surface area contributed by atoms with Crippen molar-refractivity contribution in [2.75, 3.05) is 18.4 Å². The van der Waals surface area contributed by atoms with Gasteiger partial charge in [-0.3, -0.25) is 9.59 Å². The Morgan fingerprint density at radius 3 is 2.38 bits per heavy atom. The zero-order chi connectivity index (χ0) is 20.2. The minimum absolute atomic E-state index is 0.00733. The number of benzene rings is 1. The van der Waals surface area contributed by atoms with Gasteiger partial charge in [-0.05, 0) is 49.9 Å². The lowest BCUT2D eigenvalue weighted by Crippen LogP contribution is -2.41. The molecule has 0 unspecified atom stereocenters. The molecule has 1 aliphatic heterocycles. The number of rotatable bonds is 4. The van der Waals surface area contributed by atoms with E-state index < -0.39 is 0 Å². The summed E-state index contributed by atoms with van der Waals surface area (Å²) in [4.78, 5) is 27.1. The summed E-state index contributed by atoms with van der Waals surface area (Å²) in [5.74, 6) is 0.426. The predicted octanol–water partition coefficient (Wildman–Crippen LogP) is 4.84. The molecule has 8 heteroatoms. The van der Waals surface area contributed by atoms with Crippen LogP contribution < -0.4 is 5.32 Å². The fraction of sp³-hybridized carbons (Fsp3) is 0.524. The van der Waals surface area contributed by atoms with E-state index in [1.165, 1.54) is 43.4 Å². The molecule has 1 saturated heterocycles. The van der Waals surface area contributed by atoms with Gasteiger partial charge in [0.25, 0.3) is 5.91 Å². The standard InChI is InChI=1S/C21H25BrN4O2S/c22-17-8-6-16(7-9-17)20(28)26-12-10-14(11-13-26)18(27)23-21-25-24-19(29-21)15-4-2-1-3-5-15/h6-9,14-15H,1-5,10-13H2,(H,23,25,27). The number of hydrogen-bond acceptors (Lipinski definition) is 5. The first-order valence-corrected chi connectivity index (χ1v) is 11.9. The van der Waals surface area contributed by atoms with Crippen molar-refractivity contribution in [3.63, 3.8) is 0 Å². The highest BCUT2D eigenvalue weighted by Crippen LogP contribution is 2.35. The van der Waals surface area contributed by atoms with Crippen molar-refractivity contribution < 1.29 is 9.59 Å². The molecule has 1 N–H and O–H groups in total. The Hall–Kier alpha value is -1.80. The normalized spacial score (nSPS) is 18.6. The van der Waals surface area contributed by atoms with Crippen LogP contribution in [0, 0.1) is 5.92 Å². The molecule has 2 fully saturated rings. The van der Waals surface area contributed by atoms with Gasteiger partial charge in [-0.2, -0.15) is 0 Å². The third-order valence-corrected chi connectivity index (χ3v) is 7.40. The van der Waals surface area contributed by atoms with Gasteiger partial charge >= 0.3 is 0 Å². The third kappa shape index (κ3) is 5.04. The van der Waals surface area contributed by atoms with Gasteiger partial charge in [0.05, 0.1) is 0 Å².